The molecule has 16 heavy (non-hydrogen) atoms. The SMILES string of the molecule is COC(=O)c1cccc(CCCC(=O)O)c1. The van der Waals surface area contributed by atoms with Gasteiger partial charge in [0.1, 0.15) is 0 Å². The molecule has 1 aromatic rings. The van der Waals surface area contributed by atoms with Crippen LogP contribution in [0.25, 0.3) is 0 Å². The van der Waals surface area contributed by atoms with Gasteiger partial charge in [-0.15, -0.1) is 0 Å². The van der Waals surface area contributed by atoms with E-state index in [2.05, 4.69) is 4.74 Å². The van der Waals surface area contributed by atoms with Crippen LogP contribution in [0.1, 0.15) is 28.8 Å². The molecule has 0 fully saturated rings. The van der Waals surface area contributed by atoms with Crippen molar-refractivity contribution in [3.63, 3.8) is 0 Å². The maximum atomic E-state index is 11.2. The number of hydrogen-bond acceptors (Lipinski definition) is 3. The number of carboxylic acids is 1. The zero-order chi connectivity index (χ0) is 12.0. The standard InChI is InChI=1S/C12H14O4/c1-16-12(15)10-6-2-4-9(8-10)5-3-7-11(13)14/h2,4,6,8H,3,5,7H2,1H3,(H,13,14). The smallest absolute Gasteiger partial charge is 0.337 e. The summed E-state index contributed by atoms with van der Waals surface area (Å²) < 4.78 is 4.60. The summed E-state index contributed by atoms with van der Waals surface area (Å²) in [6.07, 6.45) is 1.36. The second-order valence-electron chi connectivity index (χ2n) is 3.44. The Morgan fingerprint density at radius 2 is 2.12 bits per heavy atom. The molecule has 0 aliphatic rings. The first-order valence-electron chi connectivity index (χ1n) is 5.02. The Labute approximate surface area is 93.9 Å². The fraction of sp³-hybridized carbons (Fsp3) is 0.333. The van der Waals surface area contributed by atoms with Crippen LogP contribution in [0.5, 0.6) is 0 Å². The monoisotopic (exact) mass is 222 g/mol. The fourth-order valence-electron chi connectivity index (χ4n) is 1.42. The number of rotatable bonds is 5. The molecular formula is C12H14O4. The van der Waals surface area contributed by atoms with Crippen molar-refractivity contribution < 1.29 is 19.4 Å². The molecule has 0 aromatic heterocycles. The summed E-state index contributed by atoms with van der Waals surface area (Å²) in [5.41, 5.74) is 1.44. The molecule has 0 bridgehead atoms. The summed E-state index contributed by atoms with van der Waals surface area (Å²) in [5.74, 6) is -1.18. The molecule has 86 valence electrons. The molecule has 1 rings (SSSR count). The number of aliphatic carboxylic acids is 1. The molecule has 1 aromatic carbocycles. The van der Waals surface area contributed by atoms with Gasteiger partial charge in [-0.05, 0) is 30.5 Å². The van der Waals surface area contributed by atoms with Crippen LogP contribution in [0, 0.1) is 0 Å². The van der Waals surface area contributed by atoms with Gasteiger partial charge in [0.05, 0.1) is 12.7 Å². The van der Waals surface area contributed by atoms with Crippen LogP contribution in [0.15, 0.2) is 24.3 Å². The fourth-order valence-corrected chi connectivity index (χ4v) is 1.42. The minimum absolute atomic E-state index is 0.141. The number of carbonyl (C=O) groups is 2. The molecule has 0 saturated heterocycles. The third kappa shape index (κ3) is 3.73. The molecule has 0 unspecified atom stereocenters. The van der Waals surface area contributed by atoms with E-state index in [9.17, 15) is 9.59 Å². The lowest BCUT2D eigenvalue weighted by atomic mass is 10.1. The van der Waals surface area contributed by atoms with Gasteiger partial charge in [-0.1, -0.05) is 12.1 Å². The van der Waals surface area contributed by atoms with Gasteiger partial charge in [-0.3, -0.25) is 4.79 Å². The van der Waals surface area contributed by atoms with E-state index in [1.165, 1.54) is 7.11 Å². The molecule has 0 saturated carbocycles. The van der Waals surface area contributed by atoms with Crippen molar-refractivity contribution in [2.24, 2.45) is 0 Å². The maximum absolute atomic E-state index is 11.2. The van der Waals surface area contributed by atoms with Gasteiger partial charge in [0.2, 0.25) is 0 Å². The Bertz CT molecular complexity index is 384. The Kier molecular flexibility index (Phi) is 4.51. The van der Waals surface area contributed by atoms with E-state index in [0.717, 1.165) is 5.56 Å². The second kappa shape index (κ2) is 5.90. The highest BCUT2D eigenvalue weighted by Gasteiger charge is 2.05. The van der Waals surface area contributed by atoms with Gasteiger partial charge in [0.25, 0.3) is 0 Å². The molecule has 1 N–H and O–H groups in total. The Hall–Kier alpha value is -1.84. The van der Waals surface area contributed by atoms with Crippen LogP contribution in [0.4, 0.5) is 0 Å². The minimum Gasteiger partial charge on any atom is -0.481 e. The van der Waals surface area contributed by atoms with Gasteiger partial charge in [-0.2, -0.15) is 0 Å². The number of methoxy groups -OCH3 is 1. The van der Waals surface area contributed by atoms with Crippen LogP contribution >= 0.6 is 0 Å². The van der Waals surface area contributed by atoms with Crippen molar-refractivity contribution in [2.45, 2.75) is 19.3 Å². The van der Waals surface area contributed by atoms with Crippen molar-refractivity contribution in [1.82, 2.24) is 0 Å². The highest BCUT2D eigenvalue weighted by Crippen LogP contribution is 2.09. The molecule has 0 aliphatic heterocycles. The predicted molar refractivity (Wildman–Crippen MR) is 58.4 cm³/mol. The summed E-state index contributed by atoms with van der Waals surface area (Å²) in [6, 6.07) is 7.04. The molecule has 4 heteroatoms. The molecule has 0 spiro atoms. The molecular weight excluding hydrogens is 208 g/mol. The highest BCUT2D eigenvalue weighted by atomic mass is 16.5. The van der Waals surface area contributed by atoms with Crippen LogP contribution in [0.3, 0.4) is 0 Å². The van der Waals surface area contributed by atoms with Gasteiger partial charge >= 0.3 is 11.9 Å². The molecule has 0 atom stereocenters. The number of ether oxygens (including phenoxy) is 1. The highest BCUT2D eigenvalue weighted by molar-refractivity contribution is 5.89. The van der Waals surface area contributed by atoms with Crippen LogP contribution < -0.4 is 0 Å². The third-order valence-electron chi connectivity index (χ3n) is 2.20. The van der Waals surface area contributed by atoms with E-state index < -0.39 is 5.97 Å². The molecule has 0 radical (unpaired) electrons. The normalized spacial score (nSPS) is 9.81. The van der Waals surface area contributed by atoms with Crippen LogP contribution in [-0.4, -0.2) is 24.2 Å². The van der Waals surface area contributed by atoms with Gasteiger partial charge in [0.15, 0.2) is 0 Å². The summed E-state index contributed by atoms with van der Waals surface area (Å²) in [4.78, 5) is 21.6. The summed E-state index contributed by atoms with van der Waals surface area (Å²) in [6.45, 7) is 0. The van der Waals surface area contributed by atoms with E-state index >= 15 is 0 Å². The average molecular weight is 222 g/mol. The van der Waals surface area contributed by atoms with Crippen LogP contribution in [0.2, 0.25) is 0 Å². The third-order valence-corrected chi connectivity index (χ3v) is 2.20. The molecule has 0 aliphatic carbocycles. The Balaban J connectivity index is 2.60. The largest absolute Gasteiger partial charge is 0.481 e. The first-order valence-corrected chi connectivity index (χ1v) is 5.02. The quantitative estimate of drug-likeness (QED) is 0.772. The lowest BCUT2D eigenvalue weighted by molar-refractivity contribution is -0.137. The Morgan fingerprint density at radius 1 is 1.38 bits per heavy atom. The van der Waals surface area contributed by atoms with E-state index in [0.29, 0.717) is 18.4 Å². The number of esters is 1. The summed E-state index contributed by atoms with van der Waals surface area (Å²) >= 11 is 0. The van der Waals surface area contributed by atoms with Gasteiger partial charge < -0.3 is 9.84 Å². The van der Waals surface area contributed by atoms with E-state index in [1.807, 2.05) is 6.07 Å². The lowest BCUT2D eigenvalue weighted by Gasteiger charge is -2.03. The van der Waals surface area contributed by atoms with E-state index in [4.69, 9.17) is 5.11 Å². The number of benzene rings is 1. The maximum Gasteiger partial charge on any atom is 0.337 e. The minimum atomic E-state index is -0.802. The number of hydrogen-bond donors (Lipinski definition) is 1. The van der Waals surface area contributed by atoms with Crippen LogP contribution in [-0.2, 0) is 16.0 Å². The topological polar surface area (TPSA) is 63.6 Å². The van der Waals surface area contributed by atoms with Crippen molar-refractivity contribution in [3.05, 3.63) is 35.4 Å². The molecule has 4 nitrogen and oxygen atoms in total. The molecule has 0 heterocycles. The van der Waals surface area contributed by atoms with Gasteiger partial charge in [0, 0.05) is 6.42 Å². The first kappa shape index (κ1) is 12.2. The number of carboxylic acid groups (broad SMARTS) is 1. The van der Waals surface area contributed by atoms with E-state index in [-0.39, 0.29) is 12.4 Å². The number of carbonyl (C=O) groups excluding carboxylic acids is 1. The van der Waals surface area contributed by atoms with E-state index in [1.54, 1.807) is 18.2 Å². The predicted octanol–water partition coefficient (Wildman–Crippen LogP) is 1.88. The molecule has 0 amide bonds. The summed E-state index contributed by atoms with van der Waals surface area (Å²) in [5, 5.41) is 8.50. The lowest BCUT2D eigenvalue weighted by Crippen LogP contribution is -2.02. The zero-order valence-electron chi connectivity index (χ0n) is 9.10. The second-order valence-corrected chi connectivity index (χ2v) is 3.44. The van der Waals surface area contributed by atoms with Gasteiger partial charge in [-0.25, -0.2) is 4.79 Å². The zero-order valence-corrected chi connectivity index (χ0v) is 9.10. The van der Waals surface area contributed by atoms with Crippen molar-refractivity contribution in [3.8, 4) is 0 Å². The average Bonchev–Trinajstić information content (AvgIpc) is 2.28. The van der Waals surface area contributed by atoms with Crippen molar-refractivity contribution >= 4 is 11.9 Å². The Morgan fingerprint density at radius 3 is 2.75 bits per heavy atom. The van der Waals surface area contributed by atoms with Crippen molar-refractivity contribution in [1.29, 1.82) is 0 Å². The summed E-state index contributed by atoms with van der Waals surface area (Å²) in [7, 11) is 1.33. The number of aryl methyl sites for hydroxylation is 1. The first-order chi connectivity index (χ1) is 7.63. The van der Waals surface area contributed by atoms with Crippen molar-refractivity contribution in [2.75, 3.05) is 7.11 Å².